The van der Waals surface area contributed by atoms with Crippen molar-refractivity contribution >= 4 is 54.8 Å². The van der Waals surface area contributed by atoms with Gasteiger partial charge in [-0.3, -0.25) is 9.36 Å². The van der Waals surface area contributed by atoms with Crippen LogP contribution in [-0.2, 0) is 20.3 Å². The number of fused-ring (bicyclic) bond motifs is 2. The van der Waals surface area contributed by atoms with E-state index in [1.807, 2.05) is 68.2 Å². The normalized spacial score (nSPS) is 14.8. The fourth-order valence-electron chi connectivity index (χ4n) is 8.29. The lowest BCUT2D eigenvalue weighted by Gasteiger charge is -2.34. The Balaban J connectivity index is 0.000000158. The third kappa shape index (κ3) is 10.3. The van der Waals surface area contributed by atoms with E-state index >= 15 is 0 Å². The number of nitrogens with two attached hydrogens (primary N) is 1. The zero-order valence-corrected chi connectivity index (χ0v) is 38.1. The number of rotatable bonds is 6. The van der Waals surface area contributed by atoms with E-state index in [-0.39, 0.29) is 17.5 Å². The molecule has 10 rings (SSSR count). The Kier molecular flexibility index (Phi) is 13.9. The molecule has 2 aliphatic rings. The van der Waals surface area contributed by atoms with Crippen LogP contribution in [0.2, 0.25) is 0 Å². The molecule has 3 N–H and O–H groups in total. The summed E-state index contributed by atoms with van der Waals surface area (Å²) in [6.07, 6.45) is 2.07. The van der Waals surface area contributed by atoms with Crippen LogP contribution in [0.4, 0.5) is 39.3 Å². The molecule has 2 fully saturated rings. The van der Waals surface area contributed by atoms with E-state index in [0.717, 1.165) is 104 Å². The van der Waals surface area contributed by atoms with Gasteiger partial charge in [-0.15, -0.1) is 20.4 Å². The van der Waals surface area contributed by atoms with Gasteiger partial charge in [0.05, 0.1) is 17.0 Å². The monoisotopic (exact) mass is 966 g/mol. The maximum absolute atomic E-state index is 13.4. The van der Waals surface area contributed by atoms with Crippen LogP contribution in [0.15, 0.2) is 114 Å². The number of aromatic nitrogens is 8. The maximum Gasteiger partial charge on any atom is 0.418 e. The number of hydrogen-bond acceptors (Lipinski definition) is 10. The molecule has 0 aliphatic carbocycles. The zero-order chi connectivity index (χ0) is 46.5. The predicted octanol–water partition coefficient (Wildman–Crippen LogP) is 10.1. The second kappa shape index (κ2) is 19.9. The minimum Gasteiger partial charge on any atom is -0.382 e. The Labute approximate surface area is 386 Å². The van der Waals surface area contributed by atoms with Crippen molar-refractivity contribution in [2.24, 2.45) is 19.8 Å². The largest absolute Gasteiger partial charge is 0.418 e. The Bertz CT molecular complexity index is 2940. The van der Waals surface area contributed by atoms with E-state index < -0.39 is 17.6 Å². The van der Waals surface area contributed by atoms with Gasteiger partial charge >= 0.3 is 6.18 Å². The molecule has 0 unspecified atom stereocenters. The molecule has 0 spiro atoms. The van der Waals surface area contributed by atoms with Crippen molar-refractivity contribution in [1.29, 1.82) is 0 Å². The molecule has 0 bridgehead atoms. The van der Waals surface area contributed by atoms with Crippen molar-refractivity contribution in [2.75, 3.05) is 41.3 Å². The van der Waals surface area contributed by atoms with Gasteiger partial charge in [0.25, 0.3) is 0 Å². The smallest absolute Gasteiger partial charge is 0.382 e. The molecule has 0 atom stereocenters. The van der Waals surface area contributed by atoms with E-state index in [1.54, 1.807) is 23.1 Å². The van der Waals surface area contributed by atoms with E-state index in [9.17, 15) is 22.0 Å². The molecule has 4 aromatic heterocycles. The van der Waals surface area contributed by atoms with Crippen LogP contribution in [0, 0.1) is 18.6 Å². The van der Waals surface area contributed by atoms with Gasteiger partial charge in [0.15, 0.2) is 11.6 Å². The number of benzene rings is 4. The summed E-state index contributed by atoms with van der Waals surface area (Å²) in [6.45, 7) is 4.93. The number of alkyl halides is 3. The Morgan fingerprint density at radius 3 is 1.55 bits per heavy atom. The van der Waals surface area contributed by atoms with Gasteiger partial charge in [-0.05, 0) is 86.7 Å². The summed E-state index contributed by atoms with van der Waals surface area (Å²) < 4.78 is 70.3. The number of piperidine rings is 2. The summed E-state index contributed by atoms with van der Waals surface area (Å²) >= 11 is 3.26. The van der Waals surface area contributed by atoms with E-state index in [2.05, 4.69) is 79.8 Å². The molecule has 342 valence electrons. The van der Waals surface area contributed by atoms with Crippen molar-refractivity contribution in [3.05, 3.63) is 137 Å². The molecule has 2 saturated heterocycles. The first-order valence-electron chi connectivity index (χ1n) is 21.5. The number of nitrogens with one attached hydrogen (secondary N) is 1. The van der Waals surface area contributed by atoms with Gasteiger partial charge in [-0.25, -0.2) is 8.78 Å². The average molecular weight is 968 g/mol. The second-order valence-electron chi connectivity index (χ2n) is 16.3. The molecule has 66 heavy (non-hydrogen) atoms. The number of anilines is 3. The Hall–Kier alpha value is -6.53. The number of hydrogen-bond donors (Lipinski definition) is 2. The lowest BCUT2D eigenvalue weighted by molar-refractivity contribution is -0.137. The second-order valence-corrected chi connectivity index (χ2v) is 17.2. The standard InChI is InChI=1S/C24H22F4N6.C17H20N6.C7H6BrF/c1-33-21(8-11-29-33)22-17-4-2-3-5-18(17)23(32-31-22)34-12-9-16(10-13-34)30-20-7-6-15(25)14-19(20)24(26,27)28;1-22-15(6-9-19-22)16-13-4-2-3-5-14(13)17(21-20-16)23-10-7-12(18)8-11-23;1-5-4-6(9)2-3-7(5)8/h2-8,11,14,16,30H,9-10,12-13H2,1H3;2-6,9,12H,7-8,10-11,18H2,1H3;2-4H,1H3. The van der Waals surface area contributed by atoms with Crippen molar-refractivity contribution < 1.29 is 22.0 Å². The average Bonchev–Trinajstić information content (AvgIpc) is 3.95. The molecule has 6 heterocycles. The first-order valence-corrected chi connectivity index (χ1v) is 22.3. The fraction of sp³-hybridized carbons (Fsp3) is 0.292. The summed E-state index contributed by atoms with van der Waals surface area (Å²) in [6, 6.07) is 27.5. The molecule has 0 saturated carbocycles. The first kappa shape index (κ1) is 46.0. The number of aryl methyl sites for hydroxylation is 3. The molecular formula is C48H48BrF5N12. The number of nitrogens with zero attached hydrogens (tertiary/aromatic N) is 10. The van der Waals surface area contributed by atoms with Gasteiger partial charge in [0.2, 0.25) is 0 Å². The SMILES string of the molecule is Cc1cc(F)ccc1Br.Cn1nccc1-c1nnc(N2CCC(N)CC2)c2ccccc12.Cn1nccc1-c1nnc(N2CCC(Nc3ccc(F)cc3C(F)(F)F)CC2)c2ccccc12. The van der Waals surface area contributed by atoms with Crippen LogP contribution in [0.25, 0.3) is 44.3 Å². The topological polar surface area (TPSA) is 132 Å². The van der Waals surface area contributed by atoms with Crippen LogP contribution in [-0.4, -0.2) is 78.2 Å². The predicted molar refractivity (Wildman–Crippen MR) is 252 cm³/mol. The van der Waals surface area contributed by atoms with E-state index in [1.165, 1.54) is 12.1 Å². The summed E-state index contributed by atoms with van der Waals surface area (Å²) in [4.78, 5) is 4.40. The van der Waals surface area contributed by atoms with E-state index in [4.69, 9.17) is 5.73 Å². The molecule has 4 aromatic carbocycles. The molecule has 2 aliphatic heterocycles. The Morgan fingerprint density at radius 1 is 0.621 bits per heavy atom. The summed E-state index contributed by atoms with van der Waals surface area (Å²) in [5, 5.41) is 33.7. The molecule has 12 nitrogen and oxygen atoms in total. The number of halogens is 6. The minimum atomic E-state index is -4.63. The fourth-order valence-corrected chi connectivity index (χ4v) is 8.54. The maximum atomic E-state index is 13.4. The van der Waals surface area contributed by atoms with Gasteiger partial charge < -0.3 is 20.9 Å². The van der Waals surface area contributed by atoms with Crippen molar-refractivity contribution in [3.63, 3.8) is 0 Å². The van der Waals surface area contributed by atoms with Crippen LogP contribution in [0.1, 0.15) is 36.8 Å². The minimum absolute atomic E-state index is 0.0990. The summed E-state index contributed by atoms with van der Waals surface area (Å²) in [7, 11) is 3.77. The molecule has 0 amide bonds. The van der Waals surface area contributed by atoms with Crippen LogP contribution in [0.3, 0.4) is 0 Å². The molecule has 18 heteroatoms. The zero-order valence-electron chi connectivity index (χ0n) is 36.5. The molecule has 8 aromatic rings. The highest BCUT2D eigenvalue weighted by Gasteiger charge is 2.35. The van der Waals surface area contributed by atoms with Gasteiger partial charge in [-0.2, -0.15) is 23.4 Å². The molecular weight excluding hydrogens is 920 g/mol. The first-order chi connectivity index (χ1) is 31.7. The highest BCUT2D eigenvalue weighted by Crippen LogP contribution is 2.38. The summed E-state index contributed by atoms with van der Waals surface area (Å²) in [5.74, 6) is 0.611. The summed E-state index contributed by atoms with van der Waals surface area (Å²) in [5.41, 5.74) is 9.31. The van der Waals surface area contributed by atoms with Crippen molar-refractivity contribution in [1.82, 2.24) is 40.0 Å². The highest BCUT2D eigenvalue weighted by atomic mass is 79.9. The van der Waals surface area contributed by atoms with Crippen LogP contribution >= 0.6 is 15.9 Å². The lowest BCUT2D eigenvalue weighted by Crippen LogP contribution is -2.40. The highest BCUT2D eigenvalue weighted by molar-refractivity contribution is 9.10. The third-order valence-corrected chi connectivity index (χ3v) is 12.8. The van der Waals surface area contributed by atoms with Crippen molar-refractivity contribution in [2.45, 2.75) is 50.9 Å². The van der Waals surface area contributed by atoms with Crippen LogP contribution in [0.5, 0.6) is 0 Å². The Morgan fingerprint density at radius 2 is 1.09 bits per heavy atom. The lowest BCUT2D eigenvalue weighted by atomic mass is 10.0. The van der Waals surface area contributed by atoms with Crippen molar-refractivity contribution in [3.8, 4) is 22.8 Å². The van der Waals surface area contributed by atoms with Crippen LogP contribution < -0.4 is 20.9 Å². The van der Waals surface area contributed by atoms with Gasteiger partial charge in [0.1, 0.15) is 23.0 Å². The quantitative estimate of drug-likeness (QED) is 0.155. The third-order valence-electron chi connectivity index (χ3n) is 11.9. The van der Waals surface area contributed by atoms with E-state index in [0.29, 0.717) is 38.0 Å². The van der Waals surface area contributed by atoms with Gasteiger partial charge in [-0.1, -0.05) is 64.5 Å². The van der Waals surface area contributed by atoms with Gasteiger partial charge in [0, 0.05) is 96.5 Å². The molecule has 0 radical (unpaired) electrons.